The molecule has 1 unspecified atom stereocenters. The van der Waals surface area contributed by atoms with Crippen LogP contribution >= 0.6 is 0 Å². The summed E-state index contributed by atoms with van der Waals surface area (Å²) in [4.78, 5) is 16.7. The van der Waals surface area contributed by atoms with Crippen molar-refractivity contribution in [1.82, 2.24) is 24.7 Å². The van der Waals surface area contributed by atoms with E-state index in [-0.39, 0.29) is 11.5 Å². The quantitative estimate of drug-likeness (QED) is 0.515. The van der Waals surface area contributed by atoms with Gasteiger partial charge in [0.1, 0.15) is 23.6 Å². The molecular formula is C22H24F5N7. The predicted octanol–water partition coefficient (Wildman–Crippen LogP) is 4.39. The second-order valence-electron chi connectivity index (χ2n) is 9.22. The Bertz CT molecular complexity index is 1150. The molecule has 2 aliphatic heterocycles. The number of nitrogens with zero attached hydrogens (tertiary/aromatic N) is 7. The second kappa shape index (κ2) is 8.31. The largest absolute Gasteiger partial charge is 0.433 e. The summed E-state index contributed by atoms with van der Waals surface area (Å²) < 4.78 is 65.4. The van der Waals surface area contributed by atoms with Crippen LogP contribution in [0.15, 0.2) is 30.7 Å². The summed E-state index contributed by atoms with van der Waals surface area (Å²) in [6.07, 6.45) is 0.114. The normalized spacial score (nSPS) is 20.7. The van der Waals surface area contributed by atoms with Crippen molar-refractivity contribution in [3.63, 3.8) is 0 Å². The molecule has 3 aromatic heterocycles. The van der Waals surface area contributed by atoms with Crippen molar-refractivity contribution in [3.8, 4) is 0 Å². The maximum Gasteiger partial charge on any atom is 0.433 e. The lowest BCUT2D eigenvalue weighted by molar-refractivity contribution is -0.141. The van der Waals surface area contributed by atoms with Crippen LogP contribution in [0.4, 0.5) is 33.5 Å². The molecule has 182 valence electrons. The van der Waals surface area contributed by atoms with Gasteiger partial charge in [-0.3, -0.25) is 0 Å². The fourth-order valence-corrected chi connectivity index (χ4v) is 5.22. The highest BCUT2D eigenvalue weighted by atomic mass is 19.4. The standard InChI is InChI=1S/C22H24F5N7/c1-14-8-21(13-33(14)15-2-3-17(29-9-15)22(25,26)27)4-6-32(7-5-21)19-11-28-16-10-30-34(12-18(23)24)20(16)31-19/h2-3,9-11,14,18H,4-8,12-13H2,1H3. The van der Waals surface area contributed by atoms with Gasteiger partial charge in [0, 0.05) is 25.7 Å². The van der Waals surface area contributed by atoms with Crippen molar-refractivity contribution >= 4 is 22.7 Å². The lowest BCUT2D eigenvalue weighted by Crippen LogP contribution is -2.42. The zero-order valence-electron chi connectivity index (χ0n) is 18.5. The molecular weight excluding hydrogens is 457 g/mol. The number of anilines is 2. The minimum Gasteiger partial charge on any atom is -0.367 e. The Morgan fingerprint density at radius 1 is 1.09 bits per heavy atom. The van der Waals surface area contributed by atoms with Crippen LogP contribution in [0.25, 0.3) is 11.2 Å². The van der Waals surface area contributed by atoms with Crippen molar-refractivity contribution < 1.29 is 22.0 Å². The van der Waals surface area contributed by atoms with Crippen molar-refractivity contribution in [2.24, 2.45) is 5.41 Å². The summed E-state index contributed by atoms with van der Waals surface area (Å²) in [6.45, 7) is 3.77. The molecule has 0 saturated carbocycles. The van der Waals surface area contributed by atoms with Gasteiger partial charge >= 0.3 is 6.18 Å². The Balaban J connectivity index is 1.27. The zero-order valence-corrected chi connectivity index (χ0v) is 18.5. The van der Waals surface area contributed by atoms with E-state index in [0.29, 0.717) is 22.7 Å². The summed E-state index contributed by atoms with van der Waals surface area (Å²) in [7, 11) is 0. The minimum atomic E-state index is -4.45. The summed E-state index contributed by atoms with van der Waals surface area (Å²) >= 11 is 0. The molecule has 5 heterocycles. The van der Waals surface area contributed by atoms with E-state index in [2.05, 4.69) is 36.8 Å². The van der Waals surface area contributed by atoms with E-state index in [1.807, 2.05) is 0 Å². The first-order valence-electron chi connectivity index (χ1n) is 11.2. The number of aromatic nitrogens is 5. The SMILES string of the molecule is CC1CC2(CCN(c3cnc4cnn(CC(F)F)c4n3)CC2)CN1c1ccc(C(F)(F)F)nc1. The van der Waals surface area contributed by atoms with Crippen LogP contribution in [0.1, 0.15) is 31.9 Å². The topological polar surface area (TPSA) is 63.0 Å². The molecule has 12 heteroatoms. The molecule has 2 aliphatic rings. The Labute approximate surface area is 192 Å². The van der Waals surface area contributed by atoms with Gasteiger partial charge in [0.15, 0.2) is 5.65 Å². The molecule has 7 nitrogen and oxygen atoms in total. The van der Waals surface area contributed by atoms with Crippen LogP contribution in [-0.2, 0) is 12.7 Å². The highest BCUT2D eigenvalue weighted by Crippen LogP contribution is 2.45. The van der Waals surface area contributed by atoms with Crippen LogP contribution in [0.5, 0.6) is 0 Å². The molecule has 0 N–H and O–H groups in total. The molecule has 3 aromatic rings. The average molecular weight is 481 g/mol. The van der Waals surface area contributed by atoms with Gasteiger partial charge in [-0.05, 0) is 43.7 Å². The fourth-order valence-electron chi connectivity index (χ4n) is 5.22. The number of fused-ring (bicyclic) bond motifs is 1. The van der Waals surface area contributed by atoms with Gasteiger partial charge in [0.25, 0.3) is 6.43 Å². The molecule has 0 aromatic carbocycles. The number of pyridine rings is 1. The van der Waals surface area contributed by atoms with Crippen LogP contribution < -0.4 is 9.80 Å². The van der Waals surface area contributed by atoms with Crippen molar-refractivity contribution in [2.45, 2.75) is 51.4 Å². The first kappa shape index (κ1) is 22.7. The minimum absolute atomic E-state index is 0.0492. The van der Waals surface area contributed by atoms with Gasteiger partial charge in [-0.15, -0.1) is 0 Å². The second-order valence-corrected chi connectivity index (χ2v) is 9.22. The predicted molar refractivity (Wildman–Crippen MR) is 116 cm³/mol. The monoisotopic (exact) mass is 481 g/mol. The number of halogens is 5. The molecule has 0 radical (unpaired) electrons. The van der Waals surface area contributed by atoms with Gasteiger partial charge in [-0.1, -0.05) is 0 Å². The van der Waals surface area contributed by atoms with Gasteiger partial charge in [-0.25, -0.2) is 28.4 Å². The first-order chi connectivity index (χ1) is 16.1. The Morgan fingerprint density at radius 3 is 2.50 bits per heavy atom. The summed E-state index contributed by atoms with van der Waals surface area (Å²) in [5, 5.41) is 3.96. The number of hydrogen-bond acceptors (Lipinski definition) is 6. The molecule has 2 saturated heterocycles. The molecule has 0 aliphatic carbocycles. The van der Waals surface area contributed by atoms with Crippen LogP contribution in [-0.4, -0.2) is 56.8 Å². The average Bonchev–Trinajstić information content (AvgIpc) is 3.33. The third kappa shape index (κ3) is 4.25. The molecule has 2 fully saturated rings. The number of rotatable bonds is 4. The Kier molecular flexibility index (Phi) is 5.56. The lowest BCUT2D eigenvalue weighted by Gasteiger charge is -2.39. The van der Waals surface area contributed by atoms with Crippen LogP contribution in [0.3, 0.4) is 0 Å². The Morgan fingerprint density at radius 2 is 1.85 bits per heavy atom. The van der Waals surface area contributed by atoms with E-state index >= 15 is 0 Å². The summed E-state index contributed by atoms with van der Waals surface area (Å²) in [5.74, 6) is 0.633. The zero-order chi connectivity index (χ0) is 24.1. The molecule has 34 heavy (non-hydrogen) atoms. The van der Waals surface area contributed by atoms with Crippen LogP contribution in [0, 0.1) is 5.41 Å². The first-order valence-corrected chi connectivity index (χ1v) is 11.2. The van der Waals surface area contributed by atoms with Gasteiger partial charge < -0.3 is 9.80 Å². The van der Waals surface area contributed by atoms with E-state index in [0.717, 1.165) is 45.0 Å². The summed E-state index contributed by atoms with van der Waals surface area (Å²) in [6, 6.07) is 2.71. The maximum absolute atomic E-state index is 12.9. The van der Waals surface area contributed by atoms with E-state index in [4.69, 9.17) is 0 Å². The molecule has 0 amide bonds. The van der Waals surface area contributed by atoms with E-state index < -0.39 is 24.8 Å². The van der Waals surface area contributed by atoms with Gasteiger partial charge in [-0.2, -0.15) is 18.3 Å². The maximum atomic E-state index is 12.9. The number of alkyl halides is 5. The third-order valence-corrected chi connectivity index (χ3v) is 6.93. The molecule has 1 atom stereocenters. The smallest absolute Gasteiger partial charge is 0.367 e. The molecule has 5 rings (SSSR count). The van der Waals surface area contributed by atoms with Crippen molar-refractivity contribution in [3.05, 3.63) is 36.4 Å². The van der Waals surface area contributed by atoms with Crippen LogP contribution in [0.2, 0.25) is 0 Å². The molecule has 0 bridgehead atoms. The van der Waals surface area contributed by atoms with E-state index in [9.17, 15) is 22.0 Å². The van der Waals surface area contributed by atoms with Gasteiger partial charge in [0.05, 0.1) is 24.3 Å². The fraction of sp³-hybridized carbons (Fsp3) is 0.545. The van der Waals surface area contributed by atoms with Crippen molar-refractivity contribution in [1.29, 1.82) is 0 Å². The van der Waals surface area contributed by atoms with E-state index in [1.165, 1.54) is 23.1 Å². The lowest BCUT2D eigenvalue weighted by atomic mass is 9.77. The highest BCUT2D eigenvalue weighted by molar-refractivity contribution is 5.71. The Hall–Kier alpha value is -3.05. The number of piperidine rings is 1. The molecule has 1 spiro atoms. The third-order valence-electron chi connectivity index (χ3n) is 6.93. The van der Waals surface area contributed by atoms with E-state index in [1.54, 1.807) is 6.20 Å². The number of hydrogen-bond donors (Lipinski definition) is 0. The van der Waals surface area contributed by atoms with Crippen molar-refractivity contribution in [2.75, 3.05) is 29.4 Å². The van der Waals surface area contributed by atoms with Gasteiger partial charge in [0.2, 0.25) is 0 Å². The highest BCUT2D eigenvalue weighted by Gasteiger charge is 2.44. The summed E-state index contributed by atoms with van der Waals surface area (Å²) in [5.41, 5.74) is 0.674.